The molecule has 12 heavy (non-hydrogen) atoms. The van der Waals surface area contributed by atoms with Gasteiger partial charge >= 0.3 is 0 Å². The highest BCUT2D eigenvalue weighted by Crippen LogP contribution is 2.18. The summed E-state index contributed by atoms with van der Waals surface area (Å²) in [5, 5.41) is 3.30. The predicted octanol–water partition coefficient (Wildman–Crippen LogP) is 1.60. The average molecular weight is 169 g/mol. The smallest absolute Gasteiger partial charge is 0.137 e. The Hall–Kier alpha value is -0.370. The maximum Gasteiger partial charge on any atom is 0.137 e. The van der Waals surface area contributed by atoms with Gasteiger partial charge in [0.05, 0.1) is 0 Å². The molecule has 1 aliphatic heterocycles. The van der Waals surface area contributed by atoms with Gasteiger partial charge in [-0.2, -0.15) is 0 Å². The summed E-state index contributed by atoms with van der Waals surface area (Å²) in [4.78, 5) is 11.5. The number of Topliss-reactive ketones (excluding diaryl/α,β-unsaturated/α-hetero) is 1. The predicted molar refractivity (Wildman–Crippen MR) is 50.1 cm³/mol. The Morgan fingerprint density at radius 2 is 2.25 bits per heavy atom. The molecule has 1 aliphatic rings. The van der Waals surface area contributed by atoms with Crippen molar-refractivity contribution in [3.8, 4) is 0 Å². The Kier molecular flexibility index (Phi) is 3.73. The number of rotatable bonds is 3. The first kappa shape index (κ1) is 9.72. The molecule has 0 radical (unpaired) electrons. The molecule has 1 fully saturated rings. The van der Waals surface area contributed by atoms with Crippen LogP contribution in [0.4, 0.5) is 0 Å². The quantitative estimate of drug-likeness (QED) is 0.695. The third kappa shape index (κ3) is 2.59. The van der Waals surface area contributed by atoms with Gasteiger partial charge in [-0.05, 0) is 25.3 Å². The Balaban J connectivity index is 2.35. The first-order valence-corrected chi connectivity index (χ1v) is 4.97. The highest BCUT2D eigenvalue weighted by Gasteiger charge is 2.23. The SMILES string of the molecule is CCCC(=O)C1CNCC(C)C1. The Labute approximate surface area is 74.7 Å². The number of piperidine rings is 1. The largest absolute Gasteiger partial charge is 0.316 e. The minimum Gasteiger partial charge on any atom is -0.316 e. The average Bonchev–Trinajstić information content (AvgIpc) is 2.05. The fourth-order valence-corrected chi connectivity index (χ4v) is 1.85. The summed E-state index contributed by atoms with van der Waals surface area (Å²) < 4.78 is 0. The van der Waals surface area contributed by atoms with Crippen LogP contribution in [-0.2, 0) is 4.79 Å². The van der Waals surface area contributed by atoms with E-state index in [1.807, 2.05) is 0 Å². The Bertz CT molecular complexity index is 156. The summed E-state index contributed by atoms with van der Waals surface area (Å²) in [6, 6.07) is 0. The van der Waals surface area contributed by atoms with E-state index < -0.39 is 0 Å². The first-order chi connectivity index (χ1) is 5.74. The van der Waals surface area contributed by atoms with Crippen LogP contribution >= 0.6 is 0 Å². The van der Waals surface area contributed by atoms with E-state index in [4.69, 9.17) is 0 Å². The standard InChI is InChI=1S/C10H19NO/c1-3-4-10(12)9-5-8(2)6-11-7-9/h8-9,11H,3-7H2,1-2H3. The molecular weight excluding hydrogens is 150 g/mol. The van der Waals surface area contributed by atoms with Gasteiger partial charge in [0, 0.05) is 18.9 Å². The molecule has 0 bridgehead atoms. The fourth-order valence-electron chi connectivity index (χ4n) is 1.85. The number of carbonyl (C=O) groups excluding carboxylic acids is 1. The number of hydrogen-bond donors (Lipinski definition) is 1. The lowest BCUT2D eigenvalue weighted by molar-refractivity contribution is -0.123. The summed E-state index contributed by atoms with van der Waals surface area (Å²) >= 11 is 0. The van der Waals surface area contributed by atoms with Gasteiger partial charge in [0.1, 0.15) is 5.78 Å². The van der Waals surface area contributed by atoms with Crippen molar-refractivity contribution in [2.45, 2.75) is 33.1 Å². The van der Waals surface area contributed by atoms with Gasteiger partial charge in [0.15, 0.2) is 0 Å². The summed E-state index contributed by atoms with van der Waals surface area (Å²) in [6.07, 6.45) is 2.84. The third-order valence-corrected chi connectivity index (χ3v) is 2.52. The highest BCUT2D eigenvalue weighted by molar-refractivity contribution is 5.81. The maximum atomic E-state index is 11.5. The summed E-state index contributed by atoms with van der Waals surface area (Å²) in [5.74, 6) is 1.43. The van der Waals surface area contributed by atoms with Crippen LogP contribution in [0.3, 0.4) is 0 Å². The molecule has 1 saturated heterocycles. The molecule has 2 nitrogen and oxygen atoms in total. The topological polar surface area (TPSA) is 29.1 Å². The maximum absolute atomic E-state index is 11.5. The second kappa shape index (κ2) is 4.61. The van der Waals surface area contributed by atoms with Crippen LogP contribution in [0, 0.1) is 11.8 Å². The Morgan fingerprint density at radius 1 is 1.50 bits per heavy atom. The molecule has 0 aromatic carbocycles. The van der Waals surface area contributed by atoms with Crippen LogP contribution in [0.25, 0.3) is 0 Å². The normalized spacial score (nSPS) is 30.2. The number of hydrogen-bond acceptors (Lipinski definition) is 2. The lowest BCUT2D eigenvalue weighted by Gasteiger charge is -2.26. The summed E-state index contributed by atoms with van der Waals surface area (Å²) in [7, 11) is 0. The molecule has 2 unspecified atom stereocenters. The van der Waals surface area contributed by atoms with E-state index in [0.29, 0.717) is 17.6 Å². The lowest BCUT2D eigenvalue weighted by atomic mass is 9.87. The van der Waals surface area contributed by atoms with Crippen molar-refractivity contribution >= 4 is 5.78 Å². The van der Waals surface area contributed by atoms with Crippen LogP contribution in [0.15, 0.2) is 0 Å². The molecule has 2 heteroatoms. The minimum atomic E-state index is 0.300. The molecule has 1 N–H and O–H groups in total. The zero-order valence-electron chi connectivity index (χ0n) is 8.10. The molecule has 0 aliphatic carbocycles. The fraction of sp³-hybridized carbons (Fsp3) is 0.900. The van der Waals surface area contributed by atoms with Crippen molar-refractivity contribution < 1.29 is 4.79 Å². The summed E-state index contributed by atoms with van der Waals surface area (Å²) in [6.45, 7) is 6.26. The number of nitrogens with one attached hydrogen (secondary N) is 1. The number of ketones is 1. The second-order valence-electron chi connectivity index (χ2n) is 3.91. The van der Waals surface area contributed by atoms with Gasteiger partial charge in [0.25, 0.3) is 0 Å². The van der Waals surface area contributed by atoms with Crippen molar-refractivity contribution in [3.05, 3.63) is 0 Å². The van der Waals surface area contributed by atoms with Crippen LogP contribution < -0.4 is 5.32 Å². The second-order valence-corrected chi connectivity index (χ2v) is 3.91. The van der Waals surface area contributed by atoms with E-state index in [1.165, 1.54) is 0 Å². The molecule has 1 rings (SSSR count). The van der Waals surface area contributed by atoms with Crippen LogP contribution in [0.5, 0.6) is 0 Å². The van der Waals surface area contributed by atoms with Gasteiger partial charge in [-0.15, -0.1) is 0 Å². The molecule has 2 atom stereocenters. The van der Waals surface area contributed by atoms with Gasteiger partial charge in [-0.1, -0.05) is 13.8 Å². The molecule has 0 saturated carbocycles. The van der Waals surface area contributed by atoms with Gasteiger partial charge in [-0.3, -0.25) is 4.79 Å². The van der Waals surface area contributed by atoms with Gasteiger partial charge in [-0.25, -0.2) is 0 Å². The van der Waals surface area contributed by atoms with Crippen molar-refractivity contribution in [1.82, 2.24) is 5.32 Å². The van der Waals surface area contributed by atoms with E-state index in [9.17, 15) is 4.79 Å². The molecule has 0 aromatic heterocycles. The summed E-state index contributed by atoms with van der Waals surface area (Å²) in [5.41, 5.74) is 0. The van der Waals surface area contributed by atoms with Crippen molar-refractivity contribution in [2.24, 2.45) is 11.8 Å². The highest BCUT2D eigenvalue weighted by atomic mass is 16.1. The monoisotopic (exact) mass is 169 g/mol. The lowest BCUT2D eigenvalue weighted by Crippen LogP contribution is -2.38. The molecule has 0 aromatic rings. The zero-order chi connectivity index (χ0) is 8.97. The van der Waals surface area contributed by atoms with Crippen LogP contribution in [-0.4, -0.2) is 18.9 Å². The molecule has 70 valence electrons. The molecule has 1 heterocycles. The molecule has 0 amide bonds. The number of carbonyl (C=O) groups is 1. The minimum absolute atomic E-state index is 0.300. The van der Waals surface area contributed by atoms with Gasteiger partial charge < -0.3 is 5.32 Å². The molecular formula is C10H19NO. The van der Waals surface area contributed by atoms with Gasteiger partial charge in [0.2, 0.25) is 0 Å². The Morgan fingerprint density at radius 3 is 2.83 bits per heavy atom. The van der Waals surface area contributed by atoms with Crippen molar-refractivity contribution in [1.29, 1.82) is 0 Å². The molecule has 0 spiro atoms. The van der Waals surface area contributed by atoms with Crippen molar-refractivity contribution in [3.63, 3.8) is 0 Å². The van der Waals surface area contributed by atoms with E-state index >= 15 is 0 Å². The van der Waals surface area contributed by atoms with Crippen molar-refractivity contribution in [2.75, 3.05) is 13.1 Å². The first-order valence-electron chi connectivity index (χ1n) is 4.97. The van der Waals surface area contributed by atoms with Crippen LogP contribution in [0.2, 0.25) is 0 Å². The van der Waals surface area contributed by atoms with Crippen LogP contribution in [0.1, 0.15) is 33.1 Å². The van der Waals surface area contributed by atoms with E-state index in [2.05, 4.69) is 19.2 Å². The van der Waals surface area contributed by atoms with E-state index in [-0.39, 0.29) is 0 Å². The zero-order valence-corrected chi connectivity index (χ0v) is 8.10. The third-order valence-electron chi connectivity index (χ3n) is 2.52. The van der Waals surface area contributed by atoms with E-state index in [1.54, 1.807) is 0 Å². The van der Waals surface area contributed by atoms with E-state index in [0.717, 1.165) is 32.4 Å².